The highest BCUT2D eigenvalue weighted by atomic mass is 19.1. The topological polar surface area (TPSA) is 114 Å². The van der Waals surface area contributed by atoms with E-state index in [0.717, 1.165) is 6.08 Å². The minimum atomic E-state index is -1.17. The molecule has 8 heteroatoms. The summed E-state index contributed by atoms with van der Waals surface area (Å²) in [5.41, 5.74) is 6.89. The zero-order valence-electron chi connectivity index (χ0n) is 13.0. The molecule has 0 fully saturated rings. The highest BCUT2D eigenvalue weighted by Crippen LogP contribution is 2.25. The Morgan fingerprint density at radius 3 is 2.74 bits per heavy atom. The molecule has 0 radical (unpaired) electrons. The molecule has 0 aromatic heterocycles. The zero-order valence-corrected chi connectivity index (χ0v) is 13.0. The van der Waals surface area contributed by atoms with Gasteiger partial charge in [-0.2, -0.15) is 0 Å². The number of hydrogen-bond donors (Lipinski definition) is 4. The maximum atomic E-state index is 14.0. The van der Waals surface area contributed by atoms with Crippen LogP contribution in [0.3, 0.4) is 0 Å². The summed E-state index contributed by atoms with van der Waals surface area (Å²) in [5, 5.41) is 10.9. The number of rotatable bonds is 6. The van der Waals surface area contributed by atoms with Crippen LogP contribution in [-0.4, -0.2) is 35.7 Å². The number of nitrogens with two attached hydrogens (primary N) is 1. The fraction of sp³-hybridized carbons (Fsp3) is 0.467. The van der Waals surface area contributed by atoms with Gasteiger partial charge in [0.2, 0.25) is 0 Å². The molecular formula is C15H20FN3O4. The lowest BCUT2D eigenvalue weighted by Crippen LogP contribution is -2.55. The highest BCUT2D eigenvalue weighted by Gasteiger charge is 2.28. The number of halogens is 1. The maximum Gasteiger partial charge on any atom is 0.267 e. The molecule has 0 bridgehead atoms. The van der Waals surface area contributed by atoms with Gasteiger partial charge in [-0.05, 0) is 20.3 Å². The van der Waals surface area contributed by atoms with Gasteiger partial charge in [0, 0.05) is 18.5 Å². The second-order valence-corrected chi connectivity index (χ2v) is 4.94. The Balaban J connectivity index is 2.80. The Labute approximate surface area is 133 Å². The third-order valence-corrected chi connectivity index (χ3v) is 3.18. The summed E-state index contributed by atoms with van der Waals surface area (Å²) < 4.78 is 19.3. The largest absolute Gasteiger partial charge is 0.485 e. The van der Waals surface area contributed by atoms with Crippen molar-refractivity contribution in [1.82, 2.24) is 10.8 Å². The van der Waals surface area contributed by atoms with Gasteiger partial charge in [0.15, 0.2) is 0 Å². The van der Waals surface area contributed by atoms with Gasteiger partial charge >= 0.3 is 0 Å². The van der Waals surface area contributed by atoms with E-state index in [1.54, 1.807) is 6.92 Å². The molecule has 2 atom stereocenters. The Kier molecular flexibility index (Phi) is 7.25. The molecule has 0 saturated carbocycles. The average Bonchev–Trinajstić information content (AvgIpc) is 2.51. The van der Waals surface area contributed by atoms with E-state index in [-0.39, 0.29) is 18.6 Å². The third kappa shape index (κ3) is 5.39. The molecule has 0 spiro atoms. The lowest BCUT2D eigenvalue weighted by molar-refractivity contribution is -0.134. The molecule has 0 aromatic carbocycles. The molecular weight excluding hydrogens is 305 g/mol. The second kappa shape index (κ2) is 8.92. The SMILES string of the molecule is CC#CCOC1=CC(F)=C(C(=O)N[C@H](C(=O)NO)[C@@H](C)N)CC1. The van der Waals surface area contributed by atoms with Crippen LogP contribution in [0.5, 0.6) is 0 Å². The monoisotopic (exact) mass is 325 g/mol. The number of carbonyl (C=O) groups is 2. The normalized spacial score (nSPS) is 16.5. The molecule has 7 nitrogen and oxygen atoms in total. The van der Waals surface area contributed by atoms with Crippen molar-refractivity contribution in [2.45, 2.75) is 38.8 Å². The standard InChI is InChI=1S/C15H20FN3O4/c1-3-4-7-23-10-5-6-11(12(16)8-10)14(20)18-13(9(2)17)15(21)19-22/h8-9,13,22H,5-7,17H2,1-2H3,(H,18,20)(H,19,21)/t9-,13+/m1/s1. The quantitative estimate of drug-likeness (QED) is 0.318. The van der Waals surface area contributed by atoms with Crippen LogP contribution in [0.15, 0.2) is 23.2 Å². The van der Waals surface area contributed by atoms with Crippen LogP contribution in [0.25, 0.3) is 0 Å². The van der Waals surface area contributed by atoms with Gasteiger partial charge in [0.25, 0.3) is 11.8 Å². The zero-order chi connectivity index (χ0) is 17.4. The lowest BCUT2D eigenvalue weighted by atomic mass is 10.0. The molecule has 2 amide bonds. The summed E-state index contributed by atoms with van der Waals surface area (Å²) in [6.07, 6.45) is 1.59. The van der Waals surface area contributed by atoms with Crippen molar-refractivity contribution in [3.63, 3.8) is 0 Å². The molecule has 1 aliphatic carbocycles. The first-order chi connectivity index (χ1) is 10.9. The van der Waals surface area contributed by atoms with E-state index >= 15 is 0 Å². The molecule has 1 aliphatic rings. The molecule has 0 heterocycles. The Morgan fingerprint density at radius 1 is 1.52 bits per heavy atom. The van der Waals surface area contributed by atoms with E-state index in [1.807, 2.05) is 0 Å². The molecule has 126 valence electrons. The van der Waals surface area contributed by atoms with Gasteiger partial charge in [-0.3, -0.25) is 14.8 Å². The highest BCUT2D eigenvalue weighted by molar-refractivity contribution is 5.97. The average molecular weight is 325 g/mol. The number of hydroxylamine groups is 1. The van der Waals surface area contributed by atoms with Crippen LogP contribution < -0.4 is 16.5 Å². The fourth-order valence-corrected chi connectivity index (χ4v) is 1.94. The van der Waals surface area contributed by atoms with Crippen molar-refractivity contribution >= 4 is 11.8 Å². The summed E-state index contributed by atoms with van der Waals surface area (Å²) in [7, 11) is 0. The van der Waals surface area contributed by atoms with E-state index in [4.69, 9.17) is 15.7 Å². The number of ether oxygens (including phenoxy) is 1. The molecule has 0 aromatic rings. The van der Waals surface area contributed by atoms with E-state index < -0.39 is 29.7 Å². The smallest absolute Gasteiger partial charge is 0.267 e. The van der Waals surface area contributed by atoms with Gasteiger partial charge in [-0.15, -0.1) is 5.92 Å². The number of nitrogens with one attached hydrogen (secondary N) is 2. The molecule has 0 saturated heterocycles. The van der Waals surface area contributed by atoms with Crippen LogP contribution in [-0.2, 0) is 14.3 Å². The van der Waals surface area contributed by atoms with Crippen LogP contribution in [0.2, 0.25) is 0 Å². The summed E-state index contributed by atoms with van der Waals surface area (Å²) in [6, 6.07) is -1.94. The van der Waals surface area contributed by atoms with Gasteiger partial charge in [0.1, 0.15) is 24.2 Å². The van der Waals surface area contributed by atoms with E-state index in [0.29, 0.717) is 12.2 Å². The van der Waals surface area contributed by atoms with Gasteiger partial charge < -0.3 is 15.8 Å². The molecule has 0 unspecified atom stereocenters. The first-order valence-corrected chi connectivity index (χ1v) is 7.02. The van der Waals surface area contributed by atoms with Crippen molar-refractivity contribution in [2.75, 3.05) is 6.61 Å². The number of amides is 2. The van der Waals surface area contributed by atoms with Crippen LogP contribution in [0.4, 0.5) is 4.39 Å². The predicted molar refractivity (Wildman–Crippen MR) is 80.4 cm³/mol. The summed E-state index contributed by atoms with van der Waals surface area (Å²) >= 11 is 0. The van der Waals surface area contributed by atoms with Crippen molar-refractivity contribution in [3.05, 3.63) is 23.2 Å². The lowest BCUT2D eigenvalue weighted by Gasteiger charge is -2.22. The molecule has 5 N–H and O–H groups in total. The summed E-state index contributed by atoms with van der Waals surface area (Å²) in [4.78, 5) is 23.5. The Bertz CT molecular complexity index is 587. The van der Waals surface area contributed by atoms with Crippen LogP contribution in [0, 0.1) is 11.8 Å². The van der Waals surface area contributed by atoms with Gasteiger partial charge in [0.05, 0.1) is 5.57 Å². The minimum absolute atomic E-state index is 0.102. The summed E-state index contributed by atoms with van der Waals surface area (Å²) in [6.45, 7) is 3.30. The van der Waals surface area contributed by atoms with E-state index in [9.17, 15) is 14.0 Å². The Hall–Kier alpha value is -2.37. The van der Waals surface area contributed by atoms with Crippen molar-refractivity contribution in [3.8, 4) is 11.8 Å². The maximum absolute atomic E-state index is 14.0. The van der Waals surface area contributed by atoms with Crippen LogP contribution in [0.1, 0.15) is 26.7 Å². The first kappa shape index (κ1) is 18.7. The van der Waals surface area contributed by atoms with Crippen molar-refractivity contribution in [1.29, 1.82) is 0 Å². The Morgan fingerprint density at radius 2 is 2.22 bits per heavy atom. The fourth-order valence-electron chi connectivity index (χ4n) is 1.94. The number of hydrogen-bond acceptors (Lipinski definition) is 5. The van der Waals surface area contributed by atoms with Crippen molar-refractivity contribution in [2.24, 2.45) is 5.73 Å². The molecule has 1 rings (SSSR count). The van der Waals surface area contributed by atoms with E-state index in [2.05, 4.69) is 17.2 Å². The second-order valence-electron chi connectivity index (χ2n) is 4.94. The van der Waals surface area contributed by atoms with E-state index in [1.165, 1.54) is 12.4 Å². The van der Waals surface area contributed by atoms with Gasteiger partial charge in [-0.1, -0.05) is 5.92 Å². The number of allylic oxidation sites excluding steroid dienone is 3. The van der Waals surface area contributed by atoms with Crippen molar-refractivity contribution < 1.29 is 23.9 Å². The number of carbonyl (C=O) groups excluding carboxylic acids is 2. The van der Waals surface area contributed by atoms with Gasteiger partial charge in [-0.25, -0.2) is 9.87 Å². The molecule has 0 aliphatic heterocycles. The van der Waals surface area contributed by atoms with Crippen LogP contribution >= 0.6 is 0 Å². The summed E-state index contributed by atoms with van der Waals surface area (Å²) in [5.74, 6) is 3.38. The third-order valence-electron chi connectivity index (χ3n) is 3.18. The minimum Gasteiger partial charge on any atom is -0.485 e. The molecule has 23 heavy (non-hydrogen) atoms. The predicted octanol–water partition coefficient (Wildman–Crippen LogP) is 0.265. The first-order valence-electron chi connectivity index (χ1n) is 7.02.